The molecule has 0 aliphatic rings. The molecule has 0 amide bonds. The maximum absolute atomic E-state index is 10.7. The molecule has 0 saturated heterocycles. The minimum Gasteiger partial charge on any atom is -0.502 e. The van der Waals surface area contributed by atoms with E-state index in [1.807, 2.05) is 0 Å². The number of carbonyl (C=O) groups is 1. The second kappa shape index (κ2) is 5.47. The minimum absolute atomic E-state index is 0.179. The summed E-state index contributed by atoms with van der Waals surface area (Å²) in [6, 6.07) is 0. The van der Waals surface area contributed by atoms with Gasteiger partial charge in [0.15, 0.2) is 0 Å². The summed E-state index contributed by atoms with van der Waals surface area (Å²) in [5.41, 5.74) is 0. The zero-order valence-electron chi connectivity index (χ0n) is 6.02. The van der Waals surface area contributed by atoms with Gasteiger partial charge in [0, 0.05) is 12.8 Å². The number of halogens is 1. The molecule has 0 bridgehead atoms. The van der Waals surface area contributed by atoms with Crippen molar-refractivity contribution in [3.63, 3.8) is 0 Å². The van der Waals surface area contributed by atoms with Crippen LogP contribution in [0.1, 0.15) is 12.8 Å². The van der Waals surface area contributed by atoms with Crippen LogP contribution < -0.4 is 0 Å². The standard InChI is InChI=1S/C7H11BrO2/c1-6(10-2)3-4-7(9)5-8/h1,3-5H2,2H3. The van der Waals surface area contributed by atoms with E-state index in [1.165, 1.54) is 0 Å². The first-order chi connectivity index (χ1) is 4.70. The lowest BCUT2D eigenvalue weighted by Crippen LogP contribution is -1.99. The van der Waals surface area contributed by atoms with Gasteiger partial charge in [-0.2, -0.15) is 0 Å². The van der Waals surface area contributed by atoms with E-state index < -0.39 is 0 Å². The van der Waals surface area contributed by atoms with Gasteiger partial charge in [-0.05, 0) is 0 Å². The smallest absolute Gasteiger partial charge is 0.143 e. The van der Waals surface area contributed by atoms with Gasteiger partial charge in [0.25, 0.3) is 0 Å². The van der Waals surface area contributed by atoms with Crippen molar-refractivity contribution >= 4 is 21.7 Å². The number of hydrogen-bond donors (Lipinski definition) is 0. The predicted octanol–water partition coefficient (Wildman–Crippen LogP) is 1.89. The van der Waals surface area contributed by atoms with Crippen LogP contribution in [-0.2, 0) is 9.53 Å². The van der Waals surface area contributed by atoms with Crippen molar-refractivity contribution in [1.29, 1.82) is 0 Å². The highest BCUT2D eigenvalue weighted by molar-refractivity contribution is 9.09. The van der Waals surface area contributed by atoms with Gasteiger partial charge < -0.3 is 4.74 Å². The molecule has 0 aromatic heterocycles. The summed E-state index contributed by atoms with van der Waals surface area (Å²) in [6.07, 6.45) is 1.14. The van der Waals surface area contributed by atoms with Gasteiger partial charge in [-0.15, -0.1) is 0 Å². The minimum atomic E-state index is 0.179. The van der Waals surface area contributed by atoms with Gasteiger partial charge in [0.05, 0.1) is 18.2 Å². The third kappa shape index (κ3) is 4.56. The van der Waals surface area contributed by atoms with E-state index in [0.717, 1.165) is 0 Å². The zero-order chi connectivity index (χ0) is 7.98. The fraction of sp³-hybridized carbons (Fsp3) is 0.571. The molecule has 0 aliphatic carbocycles. The van der Waals surface area contributed by atoms with Crippen LogP contribution in [0.4, 0.5) is 0 Å². The summed E-state index contributed by atoms with van der Waals surface area (Å²) in [6.45, 7) is 3.59. The molecule has 0 radical (unpaired) electrons. The van der Waals surface area contributed by atoms with Gasteiger partial charge in [0.1, 0.15) is 5.78 Å². The van der Waals surface area contributed by atoms with Gasteiger partial charge in [-0.1, -0.05) is 22.5 Å². The Kier molecular flexibility index (Phi) is 5.30. The lowest BCUT2D eigenvalue weighted by atomic mass is 10.2. The summed E-state index contributed by atoms with van der Waals surface area (Å²) in [5, 5.41) is 0.421. The van der Waals surface area contributed by atoms with Crippen LogP contribution in [0.25, 0.3) is 0 Å². The second-order valence-electron chi connectivity index (χ2n) is 1.92. The Labute approximate surface area is 69.4 Å². The second-order valence-corrected chi connectivity index (χ2v) is 2.48. The van der Waals surface area contributed by atoms with Crippen LogP contribution in [0.5, 0.6) is 0 Å². The van der Waals surface area contributed by atoms with Crippen LogP contribution in [0.3, 0.4) is 0 Å². The molecule has 0 unspecified atom stereocenters. The predicted molar refractivity (Wildman–Crippen MR) is 44.2 cm³/mol. The van der Waals surface area contributed by atoms with Crippen molar-refractivity contribution in [2.24, 2.45) is 0 Å². The average molecular weight is 207 g/mol. The number of ketones is 1. The summed E-state index contributed by atoms with van der Waals surface area (Å²) in [7, 11) is 1.56. The maximum Gasteiger partial charge on any atom is 0.143 e. The molecule has 0 fully saturated rings. The third-order valence-corrected chi connectivity index (χ3v) is 1.75. The fourth-order valence-corrected chi connectivity index (χ4v) is 0.728. The van der Waals surface area contributed by atoms with E-state index in [1.54, 1.807) is 7.11 Å². The molecule has 2 nitrogen and oxygen atoms in total. The third-order valence-electron chi connectivity index (χ3n) is 1.12. The van der Waals surface area contributed by atoms with Crippen LogP contribution in [0.2, 0.25) is 0 Å². The Bertz CT molecular complexity index is 116. The summed E-state index contributed by atoms with van der Waals surface area (Å²) >= 11 is 3.07. The van der Waals surface area contributed by atoms with E-state index in [-0.39, 0.29) is 5.78 Å². The normalized spacial score (nSPS) is 9.00. The first-order valence-electron chi connectivity index (χ1n) is 3.00. The van der Waals surface area contributed by atoms with Crippen LogP contribution >= 0.6 is 15.9 Å². The number of Topliss-reactive ketones (excluding diaryl/α,β-unsaturated/α-hetero) is 1. The van der Waals surface area contributed by atoms with E-state index in [4.69, 9.17) is 4.74 Å². The number of alkyl halides is 1. The molecule has 0 aromatic rings. The van der Waals surface area contributed by atoms with E-state index in [0.29, 0.717) is 23.9 Å². The summed E-state index contributed by atoms with van der Waals surface area (Å²) < 4.78 is 4.78. The van der Waals surface area contributed by atoms with Crippen molar-refractivity contribution in [3.8, 4) is 0 Å². The number of rotatable bonds is 5. The molecule has 3 heteroatoms. The Balaban J connectivity index is 3.35. The molecule has 10 heavy (non-hydrogen) atoms. The number of ether oxygens (including phenoxy) is 1. The van der Waals surface area contributed by atoms with E-state index in [2.05, 4.69) is 22.5 Å². The molecule has 0 aliphatic heterocycles. The Morgan fingerprint density at radius 2 is 2.20 bits per heavy atom. The highest BCUT2D eigenvalue weighted by atomic mass is 79.9. The van der Waals surface area contributed by atoms with Crippen molar-refractivity contribution < 1.29 is 9.53 Å². The van der Waals surface area contributed by atoms with Gasteiger partial charge in [-0.25, -0.2) is 0 Å². The molecule has 0 atom stereocenters. The highest BCUT2D eigenvalue weighted by Crippen LogP contribution is 2.03. The summed E-state index contributed by atoms with van der Waals surface area (Å²) in [4.78, 5) is 10.7. The molecule has 0 rings (SSSR count). The molecule has 0 saturated carbocycles. The SMILES string of the molecule is C=C(CCC(=O)CBr)OC. The van der Waals surface area contributed by atoms with Gasteiger partial charge >= 0.3 is 0 Å². The Morgan fingerprint density at radius 3 is 2.60 bits per heavy atom. The monoisotopic (exact) mass is 206 g/mol. The first kappa shape index (κ1) is 9.69. The fourth-order valence-electron chi connectivity index (χ4n) is 0.448. The van der Waals surface area contributed by atoms with Gasteiger partial charge in [-0.3, -0.25) is 4.79 Å². The maximum atomic E-state index is 10.7. The molecule has 0 N–H and O–H groups in total. The number of carbonyl (C=O) groups excluding carboxylic acids is 1. The van der Waals surface area contributed by atoms with Crippen molar-refractivity contribution in [2.75, 3.05) is 12.4 Å². The number of allylic oxidation sites excluding steroid dienone is 1. The number of methoxy groups -OCH3 is 1. The molecule has 0 heterocycles. The van der Waals surface area contributed by atoms with E-state index >= 15 is 0 Å². The van der Waals surface area contributed by atoms with Gasteiger partial charge in [0.2, 0.25) is 0 Å². The number of hydrogen-bond acceptors (Lipinski definition) is 2. The van der Waals surface area contributed by atoms with Crippen molar-refractivity contribution in [2.45, 2.75) is 12.8 Å². The lowest BCUT2D eigenvalue weighted by molar-refractivity contribution is -0.116. The Morgan fingerprint density at radius 1 is 1.60 bits per heavy atom. The first-order valence-corrected chi connectivity index (χ1v) is 4.12. The van der Waals surface area contributed by atoms with E-state index in [9.17, 15) is 4.79 Å². The van der Waals surface area contributed by atoms with Crippen LogP contribution in [0, 0.1) is 0 Å². The van der Waals surface area contributed by atoms with Crippen molar-refractivity contribution in [3.05, 3.63) is 12.3 Å². The highest BCUT2D eigenvalue weighted by Gasteiger charge is 1.99. The quantitative estimate of drug-likeness (QED) is 0.508. The molecular weight excluding hydrogens is 196 g/mol. The Hall–Kier alpha value is -0.310. The van der Waals surface area contributed by atoms with Crippen molar-refractivity contribution in [1.82, 2.24) is 0 Å². The lowest BCUT2D eigenvalue weighted by Gasteiger charge is -2.00. The summed E-state index contributed by atoms with van der Waals surface area (Å²) in [5.74, 6) is 0.840. The average Bonchev–Trinajstić information content (AvgIpc) is 1.99. The van der Waals surface area contributed by atoms with Crippen LogP contribution in [0.15, 0.2) is 12.3 Å². The zero-order valence-corrected chi connectivity index (χ0v) is 7.61. The molecular formula is C7H11BrO2. The topological polar surface area (TPSA) is 26.3 Å². The molecule has 0 aromatic carbocycles. The van der Waals surface area contributed by atoms with Crippen LogP contribution in [-0.4, -0.2) is 18.2 Å². The molecule has 0 spiro atoms. The molecule has 58 valence electrons. The largest absolute Gasteiger partial charge is 0.502 e.